The Bertz CT molecular complexity index is 54.1. The first-order valence-electron chi connectivity index (χ1n) is 1.61. The third-order valence-corrected chi connectivity index (χ3v) is 0.262. The van der Waals surface area contributed by atoms with Crippen molar-refractivity contribution in [2.75, 3.05) is 6.61 Å². The summed E-state index contributed by atoms with van der Waals surface area (Å²) in [6.45, 7) is 1.75. The minimum atomic E-state index is -1.46. The molecule has 0 saturated heterocycles. The summed E-state index contributed by atoms with van der Waals surface area (Å²) in [5.41, 5.74) is 0. The summed E-state index contributed by atoms with van der Waals surface area (Å²) in [4.78, 5) is 9.27. The van der Waals surface area contributed by atoms with Crippen molar-refractivity contribution in [1.29, 1.82) is 0 Å². The van der Waals surface area contributed by atoms with Crippen LogP contribution in [0.5, 0.6) is 0 Å². The molecule has 43 valence electrons. The van der Waals surface area contributed by atoms with Crippen LogP contribution in [-0.4, -0.2) is 12.8 Å². The first-order chi connectivity index (χ1) is 2.77. The standard InChI is InChI=1S/C3H5O3.FH/c1-2-6-3(4)5;/h2H2,1H3;1H. The zero-order valence-electron chi connectivity index (χ0n) is 3.84. The SMILES string of the molecule is CCOC([O])=O.F. The third-order valence-electron chi connectivity index (χ3n) is 0.262. The van der Waals surface area contributed by atoms with Gasteiger partial charge in [0.2, 0.25) is 0 Å². The molecule has 0 heterocycles. The lowest BCUT2D eigenvalue weighted by Gasteiger charge is -1.84. The molecule has 0 rings (SSSR count). The van der Waals surface area contributed by atoms with Crippen molar-refractivity contribution in [3.63, 3.8) is 0 Å². The van der Waals surface area contributed by atoms with Gasteiger partial charge < -0.3 is 4.74 Å². The summed E-state index contributed by atoms with van der Waals surface area (Å²) in [5.74, 6) is 0. The van der Waals surface area contributed by atoms with Gasteiger partial charge in [0.15, 0.2) is 0 Å². The molecule has 0 saturated carbocycles. The highest BCUT2D eigenvalue weighted by Crippen LogP contribution is 1.70. The van der Waals surface area contributed by atoms with Crippen LogP contribution in [0.2, 0.25) is 0 Å². The maximum atomic E-state index is 9.27. The van der Waals surface area contributed by atoms with E-state index in [4.69, 9.17) is 0 Å². The van der Waals surface area contributed by atoms with Gasteiger partial charge in [-0.05, 0) is 6.92 Å². The first-order valence-corrected chi connectivity index (χ1v) is 1.61. The average Bonchev–Trinajstić information content (AvgIpc) is 1.35. The minimum absolute atomic E-state index is 0. The Hall–Kier alpha value is -0.800. The van der Waals surface area contributed by atoms with Crippen LogP contribution >= 0.6 is 0 Å². The second-order valence-electron chi connectivity index (χ2n) is 0.683. The quantitative estimate of drug-likeness (QED) is 0.466. The van der Waals surface area contributed by atoms with Crippen LogP contribution in [-0.2, 0) is 9.84 Å². The van der Waals surface area contributed by atoms with Crippen molar-refractivity contribution in [3.05, 3.63) is 0 Å². The Labute approximate surface area is 40.3 Å². The topological polar surface area (TPSA) is 46.2 Å². The molecular formula is C3H6FO3. The minimum Gasteiger partial charge on any atom is -0.432 e. The number of halogens is 1. The molecular weight excluding hydrogens is 103 g/mol. The van der Waals surface area contributed by atoms with E-state index in [2.05, 4.69) is 4.74 Å². The Kier molecular flexibility index (Phi) is 7.06. The normalized spacial score (nSPS) is 6.43. The number of hydrogen-bond donors (Lipinski definition) is 0. The van der Waals surface area contributed by atoms with Gasteiger partial charge in [0.25, 0.3) is 0 Å². The van der Waals surface area contributed by atoms with E-state index in [1.165, 1.54) is 0 Å². The van der Waals surface area contributed by atoms with Crippen LogP contribution in [0.1, 0.15) is 6.92 Å². The van der Waals surface area contributed by atoms with Crippen molar-refractivity contribution >= 4 is 6.16 Å². The summed E-state index contributed by atoms with van der Waals surface area (Å²) in [5, 5.41) is 9.27. The van der Waals surface area contributed by atoms with E-state index in [9.17, 15) is 9.90 Å². The predicted molar refractivity (Wildman–Crippen MR) is 20.2 cm³/mol. The zero-order chi connectivity index (χ0) is 4.99. The second kappa shape index (κ2) is 5.20. The molecule has 0 unspecified atom stereocenters. The van der Waals surface area contributed by atoms with E-state index in [-0.39, 0.29) is 11.3 Å². The van der Waals surface area contributed by atoms with Crippen molar-refractivity contribution in [3.8, 4) is 0 Å². The number of rotatable bonds is 1. The van der Waals surface area contributed by atoms with Crippen molar-refractivity contribution in [2.24, 2.45) is 0 Å². The first kappa shape index (κ1) is 9.50. The lowest BCUT2D eigenvalue weighted by molar-refractivity contribution is 0.0722. The fraction of sp³-hybridized carbons (Fsp3) is 0.667. The van der Waals surface area contributed by atoms with Crippen molar-refractivity contribution in [1.82, 2.24) is 0 Å². The Morgan fingerprint density at radius 3 is 2.14 bits per heavy atom. The molecule has 0 bridgehead atoms. The lowest BCUT2D eigenvalue weighted by atomic mass is 10.9. The molecule has 3 nitrogen and oxygen atoms in total. The molecule has 0 spiro atoms. The van der Waals surface area contributed by atoms with E-state index in [1.54, 1.807) is 6.92 Å². The monoisotopic (exact) mass is 109 g/mol. The maximum Gasteiger partial charge on any atom is 0.549 e. The molecule has 0 amide bonds. The highest BCUT2D eigenvalue weighted by atomic mass is 19.0. The second-order valence-corrected chi connectivity index (χ2v) is 0.683. The molecule has 0 N–H and O–H groups in total. The molecule has 0 aliphatic heterocycles. The van der Waals surface area contributed by atoms with Crippen LogP contribution in [0.3, 0.4) is 0 Å². The lowest BCUT2D eigenvalue weighted by Crippen LogP contribution is -1.95. The Morgan fingerprint density at radius 2 is 2.14 bits per heavy atom. The molecule has 0 aliphatic rings. The Morgan fingerprint density at radius 1 is 1.71 bits per heavy atom. The molecule has 0 atom stereocenters. The van der Waals surface area contributed by atoms with Crippen LogP contribution in [0.15, 0.2) is 0 Å². The number of ether oxygens (including phenoxy) is 1. The van der Waals surface area contributed by atoms with Gasteiger partial charge in [-0.25, -0.2) is 0 Å². The fourth-order valence-corrected chi connectivity index (χ4v) is 0.118. The number of hydrogen-bond acceptors (Lipinski definition) is 2. The van der Waals surface area contributed by atoms with E-state index in [0.717, 1.165) is 0 Å². The molecule has 1 radical (unpaired) electrons. The van der Waals surface area contributed by atoms with Gasteiger partial charge in [0.05, 0.1) is 6.61 Å². The highest BCUT2D eigenvalue weighted by molar-refractivity contribution is 5.56. The molecule has 7 heavy (non-hydrogen) atoms. The van der Waals surface area contributed by atoms with Gasteiger partial charge in [-0.2, -0.15) is 9.90 Å². The fourth-order valence-electron chi connectivity index (χ4n) is 0.118. The van der Waals surface area contributed by atoms with Gasteiger partial charge in [0.1, 0.15) is 0 Å². The average molecular weight is 109 g/mol. The summed E-state index contributed by atoms with van der Waals surface area (Å²) in [6.07, 6.45) is -1.46. The third kappa shape index (κ3) is 11.0. The van der Waals surface area contributed by atoms with Gasteiger partial charge in [-0.3, -0.25) is 4.70 Å². The van der Waals surface area contributed by atoms with Crippen LogP contribution in [0.25, 0.3) is 0 Å². The van der Waals surface area contributed by atoms with Gasteiger partial charge >= 0.3 is 6.16 Å². The van der Waals surface area contributed by atoms with Gasteiger partial charge in [-0.15, -0.1) is 0 Å². The summed E-state index contributed by atoms with van der Waals surface area (Å²) in [6, 6.07) is 0. The Balaban J connectivity index is 0. The van der Waals surface area contributed by atoms with E-state index in [1.807, 2.05) is 0 Å². The van der Waals surface area contributed by atoms with Gasteiger partial charge in [-0.1, -0.05) is 0 Å². The van der Waals surface area contributed by atoms with Crippen LogP contribution < -0.4 is 0 Å². The predicted octanol–water partition coefficient (Wildman–Crippen LogP) is 0.726. The number of carbonyl (C=O) groups is 1. The van der Waals surface area contributed by atoms with Crippen LogP contribution in [0, 0.1) is 0 Å². The summed E-state index contributed by atoms with van der Waals surface area (Å²) >= 11 is 0. The highest BCUT2D eigenvalue weighted by Gasteiger charge is 1.91. The molecule has 0 aromatic carbocycles. The van der Waals surface area contributed by atoms with E-state index >= 15 is 0 Å². The molecule has 0 fully saturated rings. The van der Waals surface area contributed by atoms with Gasteiger partial charge in [0, 0.05) is 0 Å². The summed E-state index contributed by atoms with van der Waals surface area (Å²) < 4.78 is 3.85. The van der Waals surface area contributed by atoms with E-state index in [0.29, 0.717) is 0 Å². The van der Waals surface area contributed by atoms with Crippen molar-refractivity contribution < 1.29 is 19.3 Å². The number of carbonyl (C=O) groups excluding carboxylic acids is 1. The molecule has 0 aromatic heterocycles. The van der Waals surface area contributed by atoms with Crippen molar-refractivity contribution in [2.45, 2.75) is 6.92 Å². The van der Waals surface area contributed by atoms with E-state index < -0.39 is 6.16 Å². The largest absolute Gasteiger partial charge is 0.549 e. The molecule has 0 aromatic rings. The zero-order valence-corrected chi connectivity index (χ0v) is 3.84. The molecule has 4 heteroatoms. The maximum absolute atomic E-state index is 9.27. The summed E-state index contributed by atoms with van der Waals surface area (Å²) in [7, 11) is 0. The van der Waals surface area contributed by atoms with Crippen LogP contribution in [0.4, 0.5) is 9.50 Å². The molecule has 0 aliphatic carbocycles. The smallest absolute Gasteiger partial charge is 0.432 e.